The predicted molar refractivity (Wildman–Crippen MR) is 124 cm³/mol. The smallest absolute Gasteiger partial charge is 0.337 e. The summed E-state index contributed by atoms with van der Waals surface area (Å²) in [5, 5.41) is 6.73. The van der Waals surface area contributed by atoms with Gasteiger partial charge in [0, 0.05) is 16.8 Å². The van der Waals surface area contributed by atoms with Crippen molar-refractivity contribution in [3.63, 3.8) is 0 Å². The molecule has 0 bridgehead atoms. The van der Waals surface area contributed by atoms with E-state index in [1.807, 2.05) is 24.3 Å². The fourth-order valence-corrected chi connectivity index (χ4v) is 3.05. The van der Waals surface area contributed by atoms with Gasteiger partial charge in [-0.2, -0.15) is 4.98 Å². The van der Waals surface area contributed by atoms with Gasteiger partial charge in [0.1, 0.15) is 11.5 Å². The van der Waals surface area contributed by atoms with Crippen LogP contribution in [0.5, 0.6) is 11.5 Å². The van der Waals surface area contributed by atoms with E-state index in [1.165, 1.54) is 7.11 Å². The Bertz CT molecular complexity index is 1270. The molecule has 0 spiro atoms. The molecule has 4 rings (SSSR count). The van der Waals surface area contributed by atoms with Crippen LogP contribution in [0.15, 0.2) is 77.3 Å². The highest BCUT2D eigenvalue weighted by atomic mass is 16.5. The summed E-state index contributed by atoms with van der Waals surface area (Å²) in [7, 11) is 2.91. The van der Waals surface area contributed by atoms with Gasteiger partial charge in [0.05, 0.1) is 19.8 Å². The van der Waals surface area contributed by atoms with Crippen LogP contribution in [0.3, 0.4) is 0 Å². The van der Waals surface area contributed by atoms with Gasteiger partial charge in [-0.05, 0) is 72.8 Å². The molecule has 9 heteroatoms. The lowest BCUT2D eigenvalue weighted by Gasteiger charge is -2.08. The lowest BCUT2D eigenvalue weighted by Crippen LogP contribution is -2.20. The zero-order valence-electron chi connectivity index (χ0n) is 18.5. The molecule has 0 aliphatic heterocycles. The predicted octanol–water partition coefficient (Wildman–Crippen LogP) is 4.22. The van der Waals surface area contributed by atoms with Crippen molar-refractivity contribution >= 4 is 17.6 Å². The number of hydrogen-bond donors (Lipinski definition) is 1. The summed E-state index contributed by atoms with van der Waals surface area (Å²) in [5.41, 5.74) is 2.46. The number of nitrogens with one attached hydrogen (secondary N) is 1. The van der Waals surface area contributed by atoms with Crippen LogP contribution in [0.2, 0.25) is 0 Å². The third kappa shape index (κ3) is 5.39. The van der Waals surface area contributed by atoms with Gasteiger partial charge in [-0.15, -0.1) is 0 Å². The van der Waals surface area contributed by atoms with Crippen LogP contribution >= 0.6 is 0 Å². The summed E-state index contributed by atoms with van der Waals surface area (Å²) >= 11 is 0. The van der Waals surface area contributed by atoms with E-state index >= 15 is 0 Å². The second-order valence-corrected chi connectivity index (χ2v) is 7.08. The highest BCUT2D eigenvalue weighted by Crippen LogP contribution is 2.25. The molecule has 0 saturated heterocycles. The topological polar surface area (TPSA) is 113 Å². The molecule has 0 atom stereocenters. The van der Waals surface area contributed by atoms with Gasteiger partial charge >= 0.3 is 5.97 Å². The fourth-order valence-electron chi connectivity index (χ4n) is 3.05. The van der Waals surface area contributed by atoms with Crippen LogP contribution in [-0.2, 0) is 9.53 Å². The molecular formula is C25H21N3O6. The zero-order valence-corrected chi connectivity index (χ0v) is 18.5. The summed E-state index contributed by atoms with van der Waals surface area (Å²) in [6, 6.07) is 20.7. The monoisotopic (exact) mass is 459 g/mol. The van der Waals surface area contributed by atoms with Crippen molar-refractivity contribution in [3.05, 3.63) is 78.4 Å². The molecule has 0 saturated carbocycles. The van der Waals surface area contributed by atoms with Crippen molar-refractivity contribution in [1.29, 1.82) is 0 Å². The van der Waals surface area contributed by atoms with E-state index in [4.69, 9.17) is 14.0 Å². The lowest BCUT2D eigenvalue weighted by atomic mass is 10.2. The molecule has 0 aliphatic carbocycles. The number of nitrogens with zero attached hydrogens (tertiary/aromatic N) is 2. The summed E-state index contributed by atoms with van der Waals surface area (Å²) < 4.78 is 20.7. The van der Waals surface area contributed by atoms with E-state index in [1.54, 1.807) is 55.6 Å². The number of ether oxygens (including phenoxy) is 3. The Morgan fingerprint density at radius 3 is 2.15 bits per heavy atom. The highest BCUT2D eigenvalue weighted by molar-refractivity contribution is 5.93. The van der Waals surface area contributed by atoms with Crippen molar-refractivity contribution in [2.24, 2.45) is 0 Å². The van der Waals surface area contributed by atoms with Crippen LogP contribution < -0.4 is 14.8 Å². The average Bonchev–Trinajstić information content (AvgIpc) is 3.38. The molecule has 3 aromatic carbocycles. The first-order chi connectivity index (χ1) is 16.6. The number of benzene rings is 3. The van der Waals surface area contributed by atoms with Gasteiger partial charge in [-0.3, -0.25) is 4.79 Å². The molecule has 9 nitrogen and oxygen atoms in total. The lowest BCUT2D eigenvalue weighted by molar-refractivity contribution is -0.118. The Kier molecular flexibility index (Phi) is 6.83. The van der Waals surface area contributed by atoms with E-state index in [0.29, 0.717) is 28.7 Å². The molecule has 4 aromatic rings. The SMILES string of the molecule is COC(=O)c1ccc(NC(=O)COc2ccc(-c3nc(-c4ccc(OC)cc4)no3)cc2)cc1. The van der Waals surface area contributed by atoms with Gasteiger partial charge in [-0.1, -0.05) is 5.16 Å². The second-order valence-electron chi connectivity index (χ2n) is 7.08. The number of carbonyl (C=O) groups is 2. The van der Waals surface area contributed by atoms with E-state index in [-0.39, 0.29) is 12.5 Å². The van der Waals surface area contributed by atoms with E-state index in [2.05, 4.69) is 20.2 Å². The summed E-state index contributed by atoms with van der Waals surface area (Å²) in [6.45, 7) is -0.180. The van der Waals surface area contributed by atoms with E-state index in [9.17, 15) is 9.59 Å². The molecule has 1 heterocycles. The number of methoxy groups -OCH3 is 2. The fraction of sp³-hybridized carbons (Fsp3) is 0.120. The largest absolute Gasteiger partial charge is 0.497 e. The van der Waals surface area contributed by atoms with Crippen molar-refractivity contribution < 1.29 is 28.3 Å². The van der Waals surface area contributed by atoms with Crippen LogP contribution in [0.4, 0.5) is 5.69 Å². The number of hydrogen-bond acceptors (Lipinski definition) is 8. The van der Waals surface area contributed by atoms with Crippen molar-refractivity contribution in [3.8, 4) is 34.3 Å². The Morgan fingerprint density at radius 1 is 0.853 bits per heavy atom. The summed E-state index contributed by atoms with van der Waals surface area (Å²) in [5.74, 6) is 1.31. The molecule has 0 radical (unpaired) electrons. The number of anilines is 1. The molecule has 0 unspecified atom stereocenters. The average molecular weight is 459 g/mol. The summed E-state index contributed by atoms with van der Waals surface area (Å²) in [6.07, 6.45) is 0. The molecule has 0 fully saturated rings. The number of aromatic nitrogens is 2. The molecular weight excluding hydrogens is 438 g/mol. The third-order valence-corrected chi connectivity index (χ3v) is 4.84. The van der Waals surface area contributed by atoms with Crippen molar-refractivity contribution in [1.82, 2.24) is 10.1 Å². The minimum Gasteiger partial charge on any atom is -0.497 e. The minimum absolute atomic E-state index is 0.180. The Hall–Kier alpha value is -4.66. The van der Waals surface area contributed by atoms with Crippen LogP contribution in [0, 0.1) is 0 Å². The van der Waals surface area contributed by atoms with Gasteiger partial charge < -0.3 is 24.1 Å². The van der Waals surface area contributed by atoms with Crippen molar-refractivity contribution in [2.75, 3.05) is 26.1 Å². The number of amides is 1. The van der Waals surface area contributed by atoms with Crippen LogP contribution in [-0.4, -0.2) is 42.8 Å². The number of esters is 1. The standard InChI is InChI=1S/C25H21N3O6/c1-31-20-11-5-16(6-12-20)23-27-24(34-28-23)17-7-13-21(14-8-17)33-15-22(29)26-19-9-3-18(4-10-19)25(30)32-2/h3-14H,15H2,1-2H3,(H,26,29). The second kappa shape index (κ2) is 10.3. The highest BCUT2D eigenvalue weighted by Gasteiger charge is 2.12. The van der Waals surface area contributed by atoms with Gasteiger partial charge in [0.2, 0.25) is 5.82 Å². The van der Waals surface area contributed by atoms with Crippen molar-refractivity contribution in [2.45, 2.75) is 0 Å². The molecule has 172 valence electrons. The van der Waals surface area contributed by atoms with Crippen LogP contribution in [0.25, 0.3) is 22.8 Å². The third-order valence-electron chi connectivity index (χ3n) is 4.84. The Labute approximate surface area is 195 Å². The normalized spacial score (nSPS) is 10.4. The quantitative estimate of drug-likeness (QED) is 0.390. The number of carbonyl (C=O) groups excluding carboxylic acids is 2. The minimum atomic E-state index is -0.442. The first-order valence-corrected chi connectivity index (χ1v) is 10.3. The van der Waals surface area contributed by atoms with Crippen LogP contribution in [0.1, 0.15) is 10.4 Å². The zero-order chi connectivity index (χ0) is 23.9. The Balaban J connectivity index is 1.32. The first kappa shape index (κ1) is 22.5. The maximum Gasteiger partial charge on any atom is 0.337 e. The summed E-state index contributed by atoms with van der Waals surface area (Å²) in [4.78, 5) is 28.0. The van der Waals surface area contributed by atoms with Gasteiger partial charge in [0.25, 0.3) is 11.8 Å². The maximum absolute atomic E-state index is 12.2. The van der Waals surface area contributed by atoms with Gasteiger partial charge in [0.15, 0.2) is 6.61 Å². The molecule has 1 amide bonds. The number of rotatable bonds is 8. The molecule has 1 N–H and O–H groups in total. The maximum atomic E-state index is 12.2. The molecule has 34 heavy (non-hydrogen) atoms. The van der Waals surface area contributed by atoms with E-state index < -0.39 is 5.97 Å². The Morgan fingerprint density at radius 2 is 1.50 bits per heavy atom. The molecule has 0 aliphatic rings. The van der Waals surface area contributed by atoms with Gasteiger partial charge in [-0.25, -0.2) is 4.79 Å². The molecule has 1 aromatic heterocycles. The van der Waals surface area contributed by atoms with E-state index in [0.717, 1.165) is 16.9 Å². The first-order valence-electron chi connectivity index (χ1n) is 10.3.